The van der Waals surface area contributed by atoms with Gasteiger partial charge in [-0.15, -0.1) is 0 Å². The van der Waals surface area contributed by atoms with Gasteiger partial charge in [0.1, 0.15) is 0 Å². The summed E-state index contributed by atoms with van der Waals surface area (Å²) in [5, 5.41) is 10.6. The number of nitro groups is 1. The van der Waals surface area contributed by atoms with Crippen LogP contribution < -0.4 is 0 Å². The third-order valence-electron chi connectivity index (χ3n) is 3.54. The van der Waals surface area contributed by atoms with Crippen molar-refractivity contribution in [3.05, 3.63) is 81.9 Å². The zero-order valence-electron chi connectivity index (χ0n) is 14.2. The SMILES string of the molecule is CN(Cc1ccccc1)C(=O)COC(=O)C=Cc1ccc([N+](=O)[O-])cc1. The molecule has 0 aliphatic heterocycles. The van der Waals surface area contributed by atoms with Gasteiger partial charge < -0.3 is 9.64 Å². The fourth-order valence-corrected chi connectivity index (χ4v) is 2.11. The first kappa shape index (κ1) is 18.9. The maximum atomic E-state index is 12.0. The molecule has 0 aliphatic rings. The van der Waals surface area contributed by atoms with E-state index in [1.165, 1.54) is 41.3 Å². The molecule has 0 saturated carbocycles. The van der Waals surface area contributed by atoms with Gasteiger partial charge in [0.05, 0.1) is 4.92 Å². The standard InChI is InChI=1S/C19H18N2O5/c1-20(13-16-5-3-2-4-6-16)18(22)14-26-19(23)12-9-15-7-10-17(11-8-15)21(24)25/h2-12H,13-14H2,1H3. The van der Waals surface area contributed by atoms with Crippen molar-refractivity contribution in [2.24, 2.45) is 0 Å². The van der Waals surface area contributed by atoms with Crippen LogP contribution in [0.2, 0.25) is 0 Å². The summed E-state index contributed by atoms with van der Waals surface area (Å²) in [6.45, 7) is 0.0721. The van der Waals surface area contributed by atoms with E-state index in [1.54, 1.807) is 7.05 Å². The van der Waals surface area contributed by atoms with Crippen LogP contribution in [0.25, 0.3) is 6.08 Å². The van der Waals surface area contributed by atoms with Gasteiger partial charge in [0, 0.05) is 31.8 Å². The highest BCUT2D eigenvalue weighted by Gasteiger charge is 2.11. The molecule has 134 valence electrons. The van der Waals surface area contributed by atoms with E-state index >= 15 is 0 Å². The molecule has 0 bridgehead atoms. The number of carbonyl (C=O) groups is 2. The van der Waals surface area contributed by atoms with Gasteiger partial charge in [0.15, 0.2) is 6.61 Å². The van der Waals surface area contributed by atoms with Crippen molar-refractivity contribution in [1.29, 1.82) is 0 Å². The Morgan fingerprint density at radius 3 is 2.38 bits per heavy atom. The Balaban J connectivity index is 1.80. The minimum atomic E-state index is -0.662. The number of likely N-dealkylation sites (N-methyl/N-ethyl adjacent to an activating group) is 1. The van der Waals surface area contributed by atoms with Crippen molar-refractivity contribution >= 4 is 23.6 Å². The molecule has 0 aromatic heterocycles. The Kier molecular flexibility index (Phi) is 6.61. The molecular weight excluding hydrogens is 336 g/mol. The van der Waals surface area contributed by atoms with Crippen LogP contribution in [0.15, 0.2) is 60.7 Å². The van der Waals surface area contributed by atoms with Gasteiger partial charge in [-0.1, -0.05) is 30.3 Å². The molecule has 0 heterocycles. The molecule has 7 nitrogen and oxygen atoms in total. The summed E-state index contributed by atoms with van der Waals surface area (Å²) in [7, 11) is 1.63. The number of hydrogen-bond donors (Lipinski definition) is 0. The van der Waals surface area contributed by atoms with E-state index in [9.17, 15) is 19.7 Å². The van der Waals surface area contributed by atoms with Crippen LogP contribution in [0.1, 0.15) is 11.1 Å². The molecule has 2 rings (SSSR count). The minimum Gasteiger partial charge on any atom is -0.452 e. The summed E-state index contributed by atoms with van der Waals surface area (Å²) in [5.41, 5.74) is 1.56. The van der Waals surface area contributed by atoms with Crippen molar-refractivity contribution in [3.8, 4) is 0 Å². The minimum absolute atomic E-state index is 0.0308. The summed E-state index contributed by atoms with van der Waals surface area (Å²) in [6.07, 6.45) is 2.63. The zero-order chi connectivity index (χ0) is 18.9. The van der Waals surface area contributed by atoms with Gasteiger partial charge >= 0.3 is 5.97 Å². The van der Waals surface area contributed by atoms with E-state index in [1.807, 2.05) is 30.3 Å². The predicted octanol–water partition coefficient (Wildman–Crippen LogP) is 2.81. The first-order chi connectivity index (χ1) is 12.5. The lowest BCUT2D eigenvalue weighted by Crippen LogP contribution is -2.30. The third kappa shape index (κ3) is 5.86. The molecule has 0 radical (unpaired) electrons. The second kappa shape index (κ2) is 9.12. The fraction of sp³-hybridized carbons (Fsp3) is 0.158. The van der Waals surface area contributed by atoms with E-state index in [0.29, 0.717) is 12.1 Å². The van der Waals surface area contributed by atoms with Crippen LogP contribution in [0.5, 0.6) is 0 Å². The highest BCUT2D eigenvalue weighted by atomic mass is 16.6. The highest BCUT2D eigenvalue weighted by molar-refractivity contribution is 5.89. The summed E-state index contributed by atoms with van der Waals surface area (Å²) in [4.78, 5) is 35.2. The largest absolute Gasteiger partial charge is 0.452 e. The summed E-state index contributed by atoms with van der Waals surface area (Å²) >= 11 is 0. The van der Waals surface area contributed by atoms with Crippen molar-refractivity contribution in [2.45, 2.75) is 6.54 Å². The number of nitrogens with zero attached hydrogens (tertiary/aromatic N) is 2. The molecular formula is C19H18N2O5. The van der Waals surface area contributed by atoms with E-state index < -0.39 is 10.9 Å². The zero-order valence-corrected chi connectivity index (χ0v) is 14.2. The van der Waals surface area contributed by atoms with Gasteiger partial charge in [-0.25, -0.2) is 4.79 Å². The van der Waals surface area contributed by atoms with E-state index in [2.05, 4.69) is 0 Å². The van der Waals surface area contributed by atoms with Crippen molar-refractivity contribution < 1.29 is 19.2 Å². The molecule has 1 amide bonds. The topological polar surface area (TPSA) is 89.8 Å². The molecule has 0 spiro atoms. The lowest BCUT2D eigenvalue weighted by atomic mass is 10.2. The van der Waals surface area contributed by atoms with Crippen LogP contribution in [0.4, 0.5) is 5.69 Å². The first-order valence-electron chi connectivity index (χ1n) is 7.83. The van der Waals surface area contributed by atoms with E-state index in [4.69, 9.17) is 4.74 Å². The third-order valence-corrected chi connectivity index (χ3v) is 3.54. The molecule has 0 atom stereocenters. The number of esters is 1. The van der Waals surface area contributed by atoms with Gasteiger partial charge in [-0.3, -0.25) is 14.9 Å². The van der Waals surface area contributed by atoms with Crippen LogP contribution in [-0.2, 0) is 20.9 Å². The van der Waals surface area contributed by atoms with Crippen molar-refractivity contribution in [2.75, 3.05) is 13.7 Å². The molecule has 0 unspecified atom stereocenters. The average molecular weight is 354 g/mol. The number of non-ortho nitro benzene ring substituents is 1. The van der Waals surface area contributed by atoms with Gasteiger partial charge in [-0.05, 0) is 29.3 Å². The van der Waals surface area contributed by atoms with Crippen molar-refractivity contribution in [1.82, 2.24) is 4.90 Å². The lowest BCUT2D eigenvalue weighted by molar-refractivity contribution is -0.384. The average Bonchev–Trinajstić information content (AvgIpc) is 2.65. The Morgan fingerprint density at radius 1 is 1.12 bits per heavy atom. The van der Waals surface area contributed by atoms with Crippen LogP contribution >= 0.6 is 0 Å². The molecule has 0 saturated heterocycles. The summed E-state index contributed by atoms with van der Waals surface area (Å²) in [6, 6.07) is 15.2. The predicted molar refractivity (Wildman–Crippen MR) is 96.0 cm³/mol. The number of amides is 1. The van der Waals surface area contributed by atoms with Crippen LogP contribution in [0.3, 0.4) is 0 Å². The quantitative estimate of drug-likeness (QED) is 0.330. The second-order valence-electron chi connectivity index (χ2n) is 5.53. The van der Waals surface area contributed by atoms with Crippen LogP contribution in [-0.4, -0.2) is 35.4 Å². The van der Waals surface area contributed by atoms with Gasteiger partial charge in [0.25, 0.3) is 11.6 Å². The van der Waals surface area contributed by atoms with Gasteiger partial charge in [-0.2, -0.15) is 0 Å². The maximum absolute atomic E-state index is 12.0. The smallest absolute Gasteiger partial charge is 0.331 e. The Bertz CT molecular complexity index is 800. The Hall–Kier alpha value is -3.48. The number of nitro benzene ring substituents is 1. The molecule has 2 aromatic rings. The van der Waals surface area contributed by atoms with Gasteiger partial charge in [0.2, 0.25) is 0 Å². The normalized spacial score (nSPS) is 10.5. The fourth-order valence-electron chi connectivity index (χ4n) is 2.11. The highest BCUT2D eigenvalue weighted by Crippen LogP contribution is 2.12. The molecule has 0 fully saturated rings. The number of rotatable bonds is 7. The second-order valence-corrected chi connectivity index (χ2v) is 5.53. The first-order valence-corrected chi connectivity index (χ1v) is 7.83. The summed E-state index contributed by atoms with van der Waals surface area (Å²) in [5.74, 6) is -0.976. The van der Waals surface area contributed by atoms with E-state index in [-0.39, 0.29) is 18.2 Å². The maximum Gasteiger partial charge on any atom is 0.331 e. The number of benzene rings is 2. The molecule has 2 aromatic carbocycles. The summed E-state index contributed by atoms with van der Waals surface area (Å²) < 4.78 is 4.92. The lowest BCUT2D eigenvalue weighted by Gasteiger charge is -2.16. The van der Waals surface area contributed by atoms with E-state index in [0.717, 1.165) is 5.56 Å². The number of hydrogen-bond acceptors (Lipinski definition) is 5. The van der Waals surface area contributed by atoms with Crippen molar-refractivity contribution in [3.63, 3.8) is 0 Å². The molecule has 0 aliphatic carbocycles. The number of ether oxygens (including phenoxy) is 1. The Labute approximate surface area is 150 Å². The van der Waals surface area contributed by atoms with Crippen LogP contribution in [0, 0.1) is 10.1 Å². The molecule has 7 heteroatoms. The molecule has 0 N–H and O–H groups in total. The number of carbonyl (C=O) groups excluding carboxylic acids is 2. The molecule has 26 heavy (non-hydrogen) atoms. The Morgan fingerprint density at radius 2 is 1.77 bits per heavy atom. The monoisotopic (exact) mass is 354 g/mol.